The van der Waals surface area contributed by atoms with Crippen LogP contribution < -0.4 is 10.0 Å². The standard InChI is InChI=1S/C13H19ClN2O2S/c1-10-8-12(14)2-3-13(10)19(17,18)16-7-5-11-4-6-15-9-11/h2-3,8,11,15-16H,4-7,9H2,1H3/t11-/m0/s1. The molecule has 0 spiro atoms. The summed E-state index contributed by atoms with van der Waals surface area (Å²) >= 11 is 5.84. The van der Waals surface area contributed by atoms with Gasteiger partial charge in [0.15, 0.2) is 0 Å². The Morgan fingerprint density at radius 3 is 2.89 bits per heavy atom. The molecule has 1 aromatic rings. The van der Waals surface area contributed by atoms with E-state index in [-0.39, 0.29) is 0 Å². The molecule has 0 aromatic heterocycles. The van der Waals surface area contributed by atoms with Gasteiger partial charge in [0.05, 0.1) is 4.90 Å². The second-order valence-corrected chi connectivity index (χ2v) is 7.13. The van der Waals surface area contributed by atoms with Crippen molar-refractivity contribution in [2.24, 2.45) is 5.92 Å². The van der Waals surface area contributed by atoms with Crippen molar-refractivity contribution in [1.82, 2.24) is 10.0 Å². The molecule has 6 heteroatoms. The molecule has 0 aliphatic carbocycles. The van der Waals surface area contributed by atoms with Crippen LogP contribution in [-0.4, -0.2) is 28.1 Å². The minimum absolute atomic E-state index is 0.307. The van der Waals surface area contributed by atoms with Crippen molar-refractivity contribution in [3.05, 3.63) is 28.8 Å². The zero-order chi connectivity index (χ0) is 13.9. The lowest BCUT2D eigenvalue weighted by Gasteiger charge is -2.11. The van der Waals surface area contributed by atoms with Crippen molar-refractivity contribution in [3.8, 4) is 0 Å². The lowest BCUT2D eigenvalue weighted by molar-refractivity contribution is 0.519. The van der Waals surface area contributed by atoms with Gasteiger partial charge in [-0.3, -0.25) is 0 Å². The highest BCUT2D eigenvalue weighted by molar-refractivity contribution is 7.89. The van der Waals surface area contributed by atoms with E-state index in [0.29, 0.717) is 27.9 Å². The largest absolute Gasteiger partial charge is 0.316 e. The summed E-state index contributed by atoms with van der Waals surface area (Å²) in [7, 11) is -3.43. The fourth-order valence-corrected chi connectivity index (χ4v) is 3.85. The molecule has 0 radical (unpaired) electrons. The molecule has 0 bridgehead atoms. The van der Waals surface area contributed by atoms with Gasteiger partial charge in [0.25, 0.3) is 0 Å². The smallest absolute Gasteiger partial charge is 0.240 e. The summed E-state index contributed by atoms with van der Waals surface area (Å²) in [5.74, 6) is 0.578. The molecular weight excluding hydrogens is 284 g/mol. The SMILES string of the molecule is Cc1cc(Cl)ccc1S(=O)(=O)NCC[C@@H]1CCNC1. The van der Waals surface area contributed by atoms with Crippen LogP contribution in [0.3, 0.4) is 0 Å². The monoisotopic (exact) mass is 302 g/mol. The first-order chi connectivity index (χ1) is 8.99. The molecule has 2 N–H and O–H groups in total. The van der Waals surface area contributed by atoms with Gasteiger partial charge in [0.2, 0.25) is 10.0 Å². The number of hydrogen-bond acceptors (Lipinski definition) is 3. The van der Waals surface area contributed by atoms with Crippen LogP contribution in [0.25, 0.3) is 0 Å². The van der Waals surface area contributed by atoms with E-state index in [4.69, 9.17) is 11.6 Å². The third-order valence-corrected chi connectivity index (χ3v) is 5.29. The molecule has 1 saturated heterocycles. The molecule has 0 amide bonds. The van der Waals surface area contributed by atoms with Crippen molar-refractivity contribution in [1.29, 1.82) is 0 Å². The highest BCUT2D eigenvalue weighted by atomic mass is 35.5. The summed E-state index contributed by atoms with van der Waals surface area (Å²) in [6, 6.07) is 4.82. The normalized spacial score (nSPS) is 19.8. The van der Waals surface area contributed by atoms with E-state index in [1.807, 2.05) is 0 Å². The molecule has 1 heterocycles. The van der Waals surface area contributed by atoms with Gasteiger partial charge in [-0.25, -0.2) is 13.1 Å². The van der Waals surface area contributed by atoms with Crippen LogP contribution in [0.1, 0.15) is 18.4 Å². The van der Waals surface area contributed by atoms with Gasteiger partial charge in [-0.2, -0.15) is 0 Å². The topological polar surface area (TPSA) is 58.2 Å². The summed E-state index contributed by atoms with van der Waals surface area (Å²) in [4.78, 5) is 0.307. The number of hydrogen-bond donors (Lipinski definition) is 2. The predicted molar refractivity (Wildman–Crippen MR) is 77.0 cm³/mol. The summed E-state index contributed by atoms with van der Waals surface area (Å²) in [5, 5.41) is 3.82. The predicted octanol–water partition coefficient (Wildman–Crippen LogP) is 1.93. The quantitative estimate of drug-likeness (QED) is 0.874. The lowest BCUT2D eigenvalue weighted by Crippen LogP contribution is -2.27. The molecule has 19 heavy (non-hydrogen) atoms. The van der Waals surface area contributed by atoms with Crippen LogP contribution >= 0.6 is 11.6 Å². The van der Waals surface area contributed by atoms with E-state index < -0.39 is 10.0 Å². The van der Waals surface area contributed by atoms with E-state index in [0.717, 1.165) is 25.9 Å². The second-order valence-electron chi connectivity index (χ2n) is 4.96. The van der Waals surface area contributed by atoms with Gasteiger partial charge >= 0.3 is 0 Å². The molecule has 1 fully saturated rings. The third-order valence-electron chi connectivity index (χ3n) is 3.43. The van der Waals surface area contributed by atoms with Crippen molar-refractivity contribution in [2.45, 2.75) is 24.7 Å². The minimum Gasteiger partial charge on any atom is -0.316 e. The molecule has 106 valence electrons. The number of rotatable bonds is 5. The average Bonchev–Trinajstić information content (AvgIpc) is 2.81. The molecule has 1 atom stereocenters. The maximum atomic E-state index is 12.2. The van der Waals surface area contributed by atoms with Crippen LogP contribution in [0.5, 0.6) is 0 Å². The summed E-state index contributed by atoms with van der Waals surface area (Å²) in [6.45, 7) is 4.26. The number of nitrogens with one attached hydrogen (secondary N) is 2. The minimum atomic E-state index is -3.43. The van der Waals surface area contributed by atoms with E-state index in [9.17, 15) is 8.42 Å². The Kier molecular flexibility index (Phi) is 4.84. The van der Waals surface area contributed by atoms with Gasteiger partial charge in [0.1, 0.15) is 0 Å². The van der Waals surface area contributed by atoms with Crippen LogP contribution in [0, 0.1) is 12.8 Å². The van der Waals surface area contributed by atoms with E-state index in [1.54, 1.807) is 25.1 Å². The maximum absolute atomic E-state index is 12.2. The first-order valence-electron chi connectivity index (χ1n) is 6.45. The second kappa shape index (κ2) is 6.22. The molecule has 1 aromatic carbocycles. The van der Waals surface area contributed by atoms with Crippen molar-refractivity contribution < 1.29 is 8.42 Å². The Labute approximate surface area is 119 Å². The lowest BCUT2D eigenvalue weighted by atomic mass is 10.1. The Morgan fingerprint density at radius 1 is 1.47 bits per heavy atom. The fraction of sp³-hybridized carbons (Fsp3) is 0.538. The summed E-state index contributed by atoms with van der Waals surface area (Å²) in [5.41, 5.74) is 0.669. The van der Waals surface area contributed by atoms with Crippen LogP contribution in [0.15, 0.2) is 23.1 Å². The average molecular weight is 303 g/mol. The highest BCUT2D eigenvalue weighted by Gasteiger charge is 2.18. The van der Waals surface area contributed by atoms with E-state index in [2.05, 4.69) is 10.0 Å². The first-order valence-corrected chi connectivity index (χ1v) is 8.32. The Bertz CT molecular complexity index is 540. The van der Waals surface area contributed by atoms with Crippen LogP contribution in [0.4, 0.5) is 0 Å². The molecule has 1 aliphatic heterocycles. The zero-order valence-corrected chi connectivity index (χ0v) is 12.5. The van der Waals surface area contributed by atoms with Gasteiger partial charge in [-0.05, 0) is 62.5 Å². The van der Waals surface area contributed by atoms with Gasteiger partial charge in [-0.15, -0.1) is 0 Å². The molecule has 0 saturated carbocycles. The Morgan fingerprint density at radius 2 is 2.26 bits per heavy atom. The van der Waals surface area contributed by atoms with Crippen molar-refractivity contribution in [2.75, 3.05) is 19.6 Å². The summed E-state index contributed by atoms with van der Waals surface area (Å²) in [6.07, 6.45) is 2.00. The van der Waals surface area contributed by atoms with Crippen LogP contribution in [-0.2, 0) is 10.0 Å². The van der Waals surface area contributed by atoms with E-state index >= 15 is 0 Å². The third kappa shape index (κ3) is 3.92. The molecule has 0 unspecified atom stereocenters. The number of sulfonamides is 1. The van der Waals surface area contributed by atoms with Crippen LogP contribution in [0.2, 0.25) is 5.02 Å². The Hall–Kier alpha value is -0.620. The molecule has 4 nitrogen and oxygen atoms in total. The number of aryl methyl sites for hydroxylation is 1. The first kappa shape index (κ1) is 14.8. The van der Waals surface area contributed by atoms with Gasteiger partial charge < -0.3 is 5.32 Å². The zero-order valence-electron chi connectivity index (χ0n) is 10.9. The molecule has 1 aliphatic rings. The van der Waals surface area contributed by atoms with E-state index in [1.165, 1.54) is 0 Å². The Balaban J connectivity index is 1.97. The maximum Gasteiger partial charge on any atom is 0.240 e. The van der Waals surface area contributed by atoms with Gasteiger partial charge in [-0.1, -0.05) is 11.6 Å². The fourth-order valence-electron chi connectivity index (χ4n) is 2.35. The van der Waals surface area contributed by atoms with Crippen molar-refractivity contribution >= 4 is 21.6 Å². The molecule has 2 rings (SSSR count). The molecular formula is C13H19ClN2O2S. The van der Waals surface area contributed by atoms with Gasteiger partial charge in [0, 0.05) is 11.6 Å². The number of benzene rings is 1. The number of halogens is 1. The highest BCUT2D eigenvalue weighted by Crippen LogP contribution is 2.19. The summed E-state index contributed by atoms with van der Waals surface area (Å²) < 4.78 is 27.0. The van der Waals surface area contributed by atoms with Crippen molar-refractivity contribution in [3.63, 3.8) is 0 Å².